The van der Waals surface area contributed by atoms with Crippen LogP contribution in [0.15, 0.2) is 42.5 Å². The lowest BCUT2D eigenvalue weighted by Crippen LogP contribution is -2.13. The Bertz CT molecular complexity index is 379. The molecule has 0 aliphatic carbocycles. The smallest absolute Gasteiger partial charge is 0.321 e. The molecule has 0 radical (unpaired) electrons. The summed E-state index contributed by atoms with van der Waals surface area (Å²) in [6.07, 6.45) is -1.61. The molecular weight excluding hydrogens is 238 g/mol. The molecule has 0 unspecified atom stereocenters. The number of alkyl halides is 1. The minimum Gasteiger partial charge on any atom is -0.449 e. The second-order valence-corrected chi connectivity index (χ2v) is 3.18. The van der Waals surface area contributed by atoms with Crippen molar-refractivity contribution in [2.45, 2.75) is 6.10 Å². The maximum absolute atomic E-state index is 13.1. The molecule has 1 atom stereocenters. The normalized spacial score (nSPS) is 13.3. The van der Waals surface area contributed by atoms with E-state index in [0.717, 1.165) is 0 Å². The summed E-state index contributed by atoms with van der Waals surface area (Å²) in [6.45, 7) is 0. The molecule has 0 amide bonds. The van der Waals surface area contributed by atoms with E-state index in [4.69, 9.17) is 11.6 Å². The van der Waals surface area contributed by atoms with Gasteiger partial charge in [0.2, 0.25) is 0 Å². The summed E-state index contributed by atoms with van der Waals surface area (Å²) in [7, 11) is 0. The topological polar surface area (TPSA) is 26.3 Å². The molecule has 0 aliphatic rings. The van der Waals surface area contributed by atoms with Gasteiger partial charge in [0.1, 0.15) is 12.2 Å². The summed E-state index contributed by atoms with van der Waals surface area (Å²) in [5, 5.41) is 0. The maximum atomic E-state index is 13.1. The number of rotatable bonds is 4. The Balaban J connectivity index is 2.93. The van der Waals surface area contributed by atoms with E-state index in [1.54, 1.807) is 18.2 Å². The molecule has 16 heavy (non-hydrogen) atoms. The molecule has 0 saturated heterocycles. The van der Waals surface area contributed by atoms with Crippen LogP contribution in [0, 0.1) is 0 Å². The fraction of sp³-hybridized carbons (Fsp3) is 0.182. The predicted molar refractivity (Wildman–Crippen MR) is 56.3 cm³/mol. The third-order valence-corrected chi connectivity index (χ3v) is 2.03. The number of carbonyl (C=O) groups is 1. The Morgan fingerprint density at radius 3 is 2.56 bits per heavy atom. The first-order chi connectivity index (χ1) is 7.69. The van der Waals surface area contributed by atoms with Crippen LogP contribution in [-0.4, -0.2) is 11.8 Å². The second-order valence-electron chi connectivity index (χ2n) is 2.91. The van der Waals surface area contributed by atoms with Gasteiger partial charge in [-0.25, -0.2) is 8.78 Å². The Labute approximate surface area is 96.5 Å². The first-order valence-electron chi connectivity index (χ1n) is 4.45. The molecule has 2 nitrogen and oxygen atoms in total. The van der Waals surface area contributed by atoms with Crippen molar-refractivity contribution < 1.29 is 18.3 Å². The van der Waals surface area contributed by atoms with Crippen molar-refractivity contribution >= 4 is 17.6 Å². The number of hydrogen-bond acceptors (Lipinski definition) is 2. The zero-order valence-electron chi connectivity index (χ0n) is 8.20. The first kappa shape index (κ1) is 12.6. The molecule has 0 aliphatic heterocycles. The summed E-state index contributed by atoms with van der Waals surface area (Å²) in [4.78, 5) is 10.9. The minimum atomic E-state index is -1.38. The summed E-state index contributed by atoms with van der Waals surface area (Å²) < 4.78 is 29.9. The maximum Gasteiger partial charge on any atom is 0.321 e. The van der Waals surface area contributed by atoms with Crippen LogP contribution < -0.4 is 0 Å². The Kier molecular flexibility index (Phi) is 4.92. The van der Waals surface area contributed by atoms with Gasteiger partial charge in [-0.15, -0.1) is 11.6 Å². The zero-order chi connectivity index (χ0) is 12.0. The largest absolute Gasteiger partial charge is 0.449 e. The van der Waals surface area contributed by atoms with E-state index < -0.39 is 23.8 Å². The number of ether oxygens (including phenoxy) is 1. The van der Waals surface area contributed by atoms with Crippen LogP contribution in [0.1, 0.15) is 11.7 Å². The lowest BCUT2D eigenvalue weighted by atomic mass is 10.1. The SMILES string of the molecule is O=C(CCl)O[C@H](/C(F)=C\F)c1ccccc1. The van der Waals surface area contributed by atoms with Crippen molar-refractivity contribution in [3.63, 3.8) is 0 Å². The van der Waals surface area contributed by atoms with Crippen LogP contribution in [-0.2, 0) is 9.53 Å². The van der Waals surface area contributed by atoms with Gasteiger partial charge in [0.05, 0.1) is 0 Å². The molecule has 0 spiro atoms. The van der Waals surface area contributed by atoms with Crippen LogP contribution >= 0.6 is 11.6 Å². The van der Waals surface area contributed by atoms with Crippen molar-refractivity contribution in [3.8, 4) is 0 Å². The molecule has 0 N–H and O–H groups in total. The molecule has 86 valence electrons. The quantitative estimate of drug-likeness (QED) is 0.602. The number of esters is 1. The molecule has 1 rings (SSSR count). The summed E-state index contributed by atoms with van der Waals surface area (Å²) in [5.41, 5.74) is 0.340. The monoisotopic (exact) mass is 246 g/mol. The van der Waals surface area contributed by atoms with Gasteiger partial charge in [-0.05, 0) is 5.56 Å². The van der Waals surface area contributed by atoms with Gasteiger partial charge in [-0.3, -0.25) is 4.79 Å². The van der Waals surface area contributed by atoms with Crippen LogP contribution in [0.25, 0.3) is 0 Å². The van der Waals surface area contributed by atoms with E-state index in [2.05, 4.69) is 4.74 Å². The zero-order valence-corrected chi connectivity index (χ0v) is 8.95. The Morgan fingerprint density at radius 2 is 2.06 bits per heavy atom. The molecule has 5 heteroatoms. The lowest BCUT2D eigenvalue weighted by molar-refractivity contribution is -0.145. The number of carbonyl (C=O) groups excluding carboxylic acids is 1. The van der Waals surface area contributed by atoms with E-state index >= 15 is 0 Å². The van der Waals surface area contributed by atoms with Crippen molar-refractivity contribution in [2.75, 3.05) is 5.88 Å². The van der Waals surface area contributed by atoms with E-state index in [-0.39, 0.29) is 6.33 Å². The van der Waals surface area contributed by atoms with Crippen molar-refractivity contribution in [3.05, 3.63) is 48.1 Å². The third-order valence-electron chi connectivity index (χ3n) is 1.82. The predicted octanol–water partition coefficient (Wildman–Crippen LogP) is 3.29. The van der Waals surface area contributed by atoms with Crippen molar-refractivity contribution in [1.82, 2.24) is 0 Å². The Morgan fingerprint density at radius 1 is 1.44 bits per heavy atom. The highest BCUT2D eigenvalue weighted by Crippen LogP contribution is 2.27. The highest BCUT2D eigenvalue weighted by Gasteiger charge is 2.21. The molecule has 0 fully saturated rings. The van der Waals surface area contributed by atoms with Crippen LogP contribution in [0.3, 0.4) is 0 Å². The third kappa shape index (κ3) is 3.31. The fourth-order valence-electron chi connectivity index (χ4n) is 1.13. The van der Waals surface area contributed by atoms with Gasteiger partial charge in [0.25, 0.3) is 0 Å². The van der Waals surface area contributed by atoms with Gasteiger partial charge >= 0.3 is 5.97 Å². The van der Waals surface area contributed by atoms with Gasteiger partial charge in [-0.1, -0.05) is 30.3 Å². The summed E-state index contributed by atoms with van der Waals surface area (Å²) in [5.74, 6) is -2.40. The molecule has 0 heterocycles. The Hall–Kier alpha value is -1.42. The fourth-order valence-corrected chi connectivity index (χ4v) is 1.19. The highest BCUT2D eigenvalue weighted by molar-refractivity contribution is 6.26. The van der Waals surface area contributed by atoms with Crippen LogP contribution in [0.2, 0.25) is 0 Å². The first-order valence-corrected chi connectivity index (χ1v) is 4.98. The summed E-state index contributed by atoms with van der Waals surface area (Å²) in [6, 6.07) is 8.01. The molecule has 0 bridgehead atoms. The highest BCUT2D eigenvalue weighted by atomic mass is 35.5. The lowest BCUT2D eigenvalue weighted by Gasteiger charge is -2.15. The van der Waals surface area contributed by atoms with Crippen molar-refractivity contribution in [1.29, 1.82) is 0 Å². The minimum absolute atomic E-state index is 0.237. The molecular formula is C11H9ClF2O2. The molecule has 0 saturated carbocycles. The second kappa shape index (κ2) is 6.23. The average Bonchev–Trinajstić information content (AvgIpc) is 2.35. The standard InChI is InChI=1S/C11H9ClF2O2/c12-6-10(15)16-11(9(14)7-13)8-4-2-1-3-5-8/h1-5,7,11H,6H2/b9-7+/t11-/m0/s1. The van der Waals surface area contributed by atoms with E-state index in [9.17, 15) is 13.6 Å². The van der Waals surface area contributed by atoms with Gasteiger partial charge < -0.3 is 4.74 Å². The van der Waals surface area contributed by atoms with Crippen LogP contribution in [0.5, 0.6) is 0 Å². The number of halogens is 3. The molecule has 1 aromatic rings. The number of hydrogen-bond donors (Lipinski definition) is 0. The average molecular weight is 247 g/mol. The molecule has 0 aromatic heterocycles. The van der Waals surface area contributed by atoms with Gasteiger partial charge in [0.15, 0.2) is 11.9 Å². The summed E-state index contributed by atoms with van der Waals surface area (Å²) >= 11 is 5.22. The number of benzene rings is 1. The van der Waals surface area contributed by atoms with E-state index in [0.29, 0.717) is 5.56 Å². The van der Waals surface area contributed by atoms with E-state index in [1.807, 2.05) is 0 Å². The van der Waals surface area contributed by atoms with Gasteiger partial charge in [-0.2, -0.15) is 0 Å². The van der Waals surface area contributed by atoms with E-state index in [1.165, 1.54) is 12.1 Å². The van der Waals surface area contributed by atoms with Crippen LogP contribution in [0.4, 0.5) is 8.78 Å². The molecule has 1 aromatic carbocycles. The van der Waals surface area contributed by atoms with Gasteiger partial charge in [0, 0.05) is 0 Å². The van der Waals surface area contributed by atoms with Crippen molar-refractivity contribution in [2.24, 2.45) is 0 Å².